The van der Waals surface area contributed by atoms with Crippen molar-refractivity contribution in [3.63, 3.8) is 0 Å². The van der Waals surface area contributed by atoms with E-state index in [0.717, 1.165) is 88.1 Å². The number of hydrogen-bond acceptors (Lipinski definition) is 2. The van der Waals surface area contributed by atoms with Crippen molar-refractivity contribution in [1.29, 1.82) is 5.26 Å². The van der Waals surface area contributed by atoms with Crippen LogP contribution in [0.1, 0.15) is 11.1 Å². The molecule has 240 valence electrons. The molecule has 6 heteroatoms. The molecule has 0 saturated carbocycles. The zero-order chi connectivity index (χ0) is 35.1. The summed E-state index contributed by atoms with van der Waals surface area (Å²) < 4.78 is 10.8. The first-order valence-electron chi connectivity index (χ1n) is 16.9. The summed E-state index contributed by atoms with van der Waals surface area (Å²) in [5.74, 6) is 0. The van der Waals surface area contributed by atoms with Gasteiger partial charge in [-0.25, -0.2) is 9.69 Å². The van der Waals surface area contributed by atoms with Crippen LogP contribution in [0.4, 0.5) is 11.4 Å². The molecule has 0 spiro atoms. The van der Waals surface area contributed by atoms with Crippen molar-refractivity contribution < 1.29 is 4.42 Å². The third kappa shape index (κ3) is 4.28. The van der Waals surface area contributed by atoms with Crippen LogP contribution >= 0.6 is 0 Å². The minimum atomic E-state index is 0.568. The number of furan rings is 1. The molecule has 0 radical (unpaired) electrons. The number of nitrogens with zero attached hydrogens (tertiary/aromatic N) is 5. The third-order valence-electron chi connectivity index (χ3n) is 10.2. The number of nitriles is 1. The monoisotopic (exact) mass is 663 g/mol. The van der Waals surface area contributed by atoms with Crippen molar-refractivity contribution in [2.75, 3.05) is 0 Å². The molecule has 7 aromatic carbocycles. The van der Waals surface area contributed by atoms with Gasteiger partial charge in [0.05, 0.1) is 46.8 Å². The Hall–Kier alpha value is -7.59. The van der Waals surface area contributed by atoms with Crippen molar-refractivity contribution in [1.82, 2.24) is 9.13 Å². The van der Waals surface area contributed by atoms with Crippen molar-refractivity contribution in [3.8, 4) is 28.6 Å². The lowest BCUT2D eigenvalue weighted by molar-refractivity contribution is 0.669. The maximum Gasteiger partial charge on any atom is 0.188 e. The van der Waals surface area contributed by atoms with E-state index in [4.69, 9.17) is 17.6 Å². The van der Waals surface area contributed by atoms with Crippen LogP contribution in [0, 0.1) is 31.4 Å². The molecular weight excluding hydrogens is 639 g/mol. The van der Waals surface area contributed by atoms with Gasteiger partial charge in [-0.1, -0.05) is 42.0 Å². The van der Waals surface area contributed by atoms with E-state index in [2.05, 4.69) is 98.5 Å². The highest BCUT2D eigenvalue weighted by Crippen LogP contribution is 2.40. The van der Waals surface area contributed by atoms with Crippen LogP contribution in [0.3, 0.4) is 0 Å². The molecule has 3 aromatic heterocycles. The summed E-state index contributed by atoms with van der Waals surface area (Å²) in [6, 6.07) is 47.3. The fraction of sp³-hybridized carbons (Fsp3) is 0.0217. The molecule has 0 aliphatic heterocycles. The Bertz CT molecular complexity index is 3230. The summed E-state index contributed by atoms with van der Waals surface area (Å²) in [5.41, 5.74) is 12.8. The van der Waals surface area contributed by atoms with Gasteiger partial charge in [-0.05, 0) is 126 Å². The lowest BCUT2D eigenvalue weighted by Gasteiger charge is -2.11. The first-order chi connectivity index (χ1) is 25.5. The highest BCUT2D eigenvalue weighted by Gasteiger charge is 2.17. The predicted molar refractivity (Wildman–Crippen MR) is 210 cm³/mol. The van der Waals surface area contributed by atoms with Gasteiger partial charge in [0.15, 0.2) is 11.4 Å². The average Bonchev–Trinajstić information content (AvgIpc) is 3.83. The second-order valence-corrected chi connectivity index (χ2v) is 13.2. The van der Waals surface area contributed by atoms with Crippen molar-refractivity contribution in [3.05, 3.63) is 167 Å². The number of aryl methyl sites for hydroxylation is 1. The molecular formula is C46H25N5O. The van der Waals surface area contributed by atoms with E-state index in [9.17, 15) is 5.26 Å². The van der Waals surface area contributed by atoms with Crippen molar-refractivity contribution >= 4 is 76.9 Å². The quantitative estimate of drug-likeness (QED) is 0.177. The normalized spacial score (nSPS) is 11.5. The van der Waals surface area contributed by atoms with Crippen LogP contribution in [-0.2, 0) is 0 Å². The SMILES string of the molecule is [C-]#[N+]c1ccc2c(c1)c1cc([N+]#[C-])ccc1n2-c1cccc(-c2ccc3oc4ccc(-n5c6ccc(C)cc6c6cc(C#N)ccc65)cc4c3c2)c1. The molecule has 6 nitrogen and oxygen atoms in total. The van der Waals surface area contributed by atoms with E-state index >= 15 is 0 Å². The van der Waals surface area contributed by atoms with E-state index < -0.39 is 0 Å². The number of aromatic nitrogens is 2. The van der Waals surface area contributed by atoms with Gasteiger partial charge in [-0.3, -0.25) is 0 Å². The highest BCUT2D eigenvalue weighted by molar-refractivity contribution is 6.13. The molecule has 0 saturated heterocycles. The Morgan fingerprint density at radius 3 is 1.75 bits per heavy atom. The van der Waals surface area contributed by atoms with E-state index in [-0.39, 0.29) is 0 Å². The number of benzene rings is 7. The molecule has 0 aliphatic carbocycles. The minimum Gasteiger partial charge on any atom is -0.456 e. The molecule has 0 fully saturated rings. The summed E-state index contributed by atoms with van der Waals surface area (Å²) >= 11 is 0. The molecule has 0 N–H and O–H groups in total. The van der Waals surface area contributed by atoms with Gasteiger partial charge in [-0.15, -0.1) is 0 Å². The van der Waals surface area contributed by atoms with Crippen molar-refractivity contribution in [2.45, 2.75) is 6.92 Å². The van der Waals surface area contributed by atoms with Crippen LogP contribution in [0.2, 0.25) is 0 Å². The number of rotatable bonds is 3. The Morgan fingerprint density at radius 1 is 0.519 bits per heavy atom. The standard InChI is InChI=1S/C46H25N5O/c1-27-7-13-41-35(19-27)36-20-28(26-47)8-14-42(36)51(41)34-12-18-46-40(25-34)39-22-30(9-17-45(39)52-46)29-5-4-6-33(21-29)50-43-15-10-31(48-2)23-37(43)38-24-32(49-3)11-16-44(38)50/h4-25H,1H3. The third-order valence-corrected chi connectivity index (χ3v) is 10.2. The van der Waals surface area contributed by atoms with Crippen LogP contribution in [0.5, 0.6) is 0 Å². The molecule has 3 heterocycles. The molecule has 0 amide bonds. The van der Waals surface area contributed by atoms with Crippen molar-refractivity contribution in [2.24, 2.45) is 0 Å². The van der Waals surface area contributed by atoms with Crippen LogP contribution in [0.25, 0.3) is 97.7 Å². The van der Waals surface area contributed by atoms with Gasteiger partial charge in [0, 0.05) is 32.9 Å². The average molecular weight is 664 g/mol. The van der Waals surface area contributed by atoms with Gasteiger partial charge >= 0.3 is 0 Å². The molecule has 52 heavy (non-hydrogen) atoms. The van der Waals surface area contributed by atoms with Crippen LogP contribution in [-0.4, -0.2) is 9.13 Å². The van der Waals surface area contributed by atoms with E-state index in [0.29, 0.717) is 16.9 Å². The zero-order valence-corrected chi connectivity index (χ0v) is 27.8. The molecule has 10 aromatic rings. The van der Waals surface area contributed by atoms with E-state index in [1.54, 1.807) is 0 Å². The summed E-state index contributed by atoms with van der Waals surface area (Å²) in [6.45, 7) is 17.3. The summed E-state index contributed by atoms with van der Waals surface area (Å²) in [4.78, 5) is 7.33. The summed E-state index contributed by atoms with van der Waals surface area (Å²) in [7, 11) is 0. The molecule has 0 unspecified atom stereocenters. The lowest BCUT2D eigenvalue weighted by atomic mass is 10.0. The molecule has 0 bridgehead atoms. The highest BCUT2D eigenvalue weighted by atomic mass is 16.3. The molecule has 0 atom stereocenters. The summed E-state index contributed by atoms with van der Waals surface area (Å²) in [6.07, 6.45) is 0. The fourth-order valence-corrected chi connectivity index (χ4v) is 7.81. The minimum absolute atomic E-state index is 0.568. The summed E-state index contributed by atoms with van der Waals surface area (Å²) in [5, 5.41) is 15.8. The lowest BCUT2D eigenvalue weighted by Crippen LogP contribution is -1.94. The van der Waals surface area contributed by atoms with Gasteiger partial charge in [0.1, 0.15) is 11.2 Å². The van der Waals surface area contributed by atoms with Gasteiger partial charge < -0.3 is 13.6 Å². The second kappa shape index (κ2) is 11.0. The molecule has 10 rings (SSSR count). The maximum absolute atomic E-state index is 9.64. The zero-order valence-electron chi connectivity index (χ0n) is 27.8. The second-order valence-electron chi connectivity index (χ2n) is 13.2. The first-order valence-corrected chi connectivity index (χ1v) is 16.9. The molecule has 0 aliphatic rings. The van der Waals surface area contributed by atoms with Gasteiger partial charge in [0.25, 0.3) is 0 Å². The topological polar surface area (TPSA) is 55.5 Å². The largest absolute Gasteiger partial charge is 0.456 e. The van der Waals surface area contributed by atoms with Gasteiger partial charge in [-0.2, -0.15) is 5.26 Å². The van der Waals surface area contributed by atoms with E-state index in [1.165, 1.54) is 5.56 Å². The Kier molecular flexibility index (Phi) is 6.18. The fourth-order valence-electron chi connectivity index (χ4n) is 7.81. The Labute approximate surface area is 297 Å². The number of fused-ring (bicyclic) bond motifs is 9. The van der Waals surface area contributed by atoms with Gasteiger partial charge in [0.2, 0.25) is 0 Å². The van der Waals surface area contributed by atoms with Crippen LogP contribution < -0.4 is 0 Å². The van der Waals surface area contributed by atoms with E-state index in [1.807, 2.05) is 66.7 Å². The van der Waals surface area contributed by atoms with Crippen LogP contribution in [0.15, 0.2) is 138 Å². The number of hydrogen-bond donors (Lipinski definition) is 0. The Morgan fingerprint density at radius 2 is 1.08 bits per heavy atom. The maximum atomic E-state index is 9.64. The Balaban J connectivity index is 1.14. The predicted octanol–water partition coefficient (Wildman–Crippen LogP) is 12.7. The first kappa shape index (κ1) is 29.3. The smallest absolute Gasteiger partial charge is 0.188 e.